The molecule has 0 amide bonds. The van der Waals surface area contributed by atoms with E-state index in [1.54, 1.807) is 24.1 Å². The van der Waals surface area contributed by atoms with Crippen LogP contribution in [0.25, 0.3) is 0 Å². The topological polar surface area (TPSA) is 114 Å². The van der Waals surface area contributed by atoms with Gasteiger partial charge in [0.05, 0.1) is 17.6 Å². The van der Waals surface area contributed by atoms with Crippen LogP contribution in [0.1, 0.15) is 19.4 Å². The maximum absolute atomic E-state index is 11.2. The van der Waals surface area contributed by atoms with E-state index < -0.39 is 4.92 Å². The van der Waals surface area contributed by atoms with Crippen molar-refractivity contribution < 1.29 is 14.9 Å². The maximum Gasteiger partial charge on any atom is 0.293 e. The van der Waals surface area contributed by atoms with Gasteiger partial charge in [-0.1, -0.05) is 5.16 Å². The van der Waals surface area contributed by atoms with Gasteiger partial charge in [0.2, 0.25) is 0 Å². The molecule has 0 aliphatic heterocycles. The van der Waals surface area contributed by atoms with Crippen molar-refractivity contribution in [2.75, 3.05) is 25.1 Å². The van der Waals surface area contributed by atoms with Crippen LogP contribution in [-0.2, 0) is 4.74 Å². The van der Waals surface area contributed by atoms with Gasteiger partial charge in [0.25, 0.3) is 5.69 Å². The first-order valence-electron chi connectivity index (χ1n) is 6.46. The zero-order valence-corrected chi connectivity index (χ0v) is 12.3. The molecule has 1 aromatic carbocycles. The second-order valence-corrected chi connectivity index (χ2v) is 4.79. The fourth-order valence-electron chi connectivity index (χ4n) is 1.76. The van der Waals surface area contributed by atoms with E-state index in [1.807, 2.05) is 13.8 Å². The molecule has 0 aromatic heterocycles. The van der Waals surface area contributed by atoms with E-state index >= 15 is 0 Å². The van der Waals surface area contributed by atoms with Crippen LogP contribution >= 0.6 is 0 Å². The first kappa shape index (κ1) is 16.7. The minimum Gasteiger partial charge on any atom is -0.409 e. The van der Waals surface area contributed by atoms with Gasteiger partial charge in [-0.2, -0.15) is 0 Å². The fraction of sp³-hybridized carbons (Fsp3) is 0.462. The number of amidine groups is 1. The predicted octanol–water partition coefficient (Wildman–Crippen LogP) is 1.55. The Morgan fingerprint density at radius 3 is 2.76 bits per heavy atom. The average molecular weight is 296 g/mol. The third-order valence-electron chi connectivity index (χ3n) is 2.86. The zero-order valence-electron chi connectivity index (χ0n) is 12.3. The Hall–Kier alpha value is -2.35. The number of oxime groups is 1. The molecule has 0 bridgehead atoms. The van der Waals surface area contributed by atoms with Crippen molar-refractivity contribution in [2.24, 2.45) is 10.9 Å². The van der Waals surface area contributed by atoms with Crippen LogP contribution in [0.5, 0.6) is 0 Å². The molecule has 0 atom stereocenters. The summed E-state index contributed by atoms with van der Waals surface area (Å²) in [5.41, 5.74) is 6.08. The summed E-state index contributed by atoms with van der Waals surface area (Å²) in [6, 6.07) is 4.42. The summed E-state index contributed by atoms with van der Waals surface area (Å²) in [5, 5.41) is 22.6. The smallest absolute Gasteiger partial charge is 0.293 e. The predicted molar refractivity (Wildman–Crippen MR) is 80.0 cm³/mol. The summed E-state index contributed by atoms with van der Waals surface area (Å²) in [5.74, 6) is -0.171. The molecule has 0 saturated heterocycles. The van der Waals surface area contributed by atoms with E-state index in [4.69, 9.17) is 15.7 Å². The Labute approximate surface area is 122 Å². The minimum absolute atomic E-state index is 0.105. The number of nitro benzene ring substituents is 1. The molecule has 0 unspecified atom stereocenters. The number of anilines is 1. The lowest BCUT2D eigenvalue weighted by Gasteiger charge is -2.20. The monoisotopic (exact) mass is 296 g/mol. The van der Waals surface area contributed by atoms with Crippen molar-refractivity contribution in [3.05, 3.63) is 33.9 Å². The Morgan fingerprint density at radius 2 is 2.24 bits per heavy atom. The Bertz CT molecular complexity index is 531. The van der Waals surface area contributed by atoms with Gasteiger partial charge in [0.1, 0.15) is 5.69 Å². The quantitative estimate of drug-likeness (QED) is 0.259. The molecule has 1 aromatic rings. The standard InChI is InChI=1S/C13H20N4O4/c1-9(2)21-7-6-16(3)11-5-4-10(13(14)15-18)8-12(11)17(19)20/h4-5,8-9,18H,6-7H2,1-3H3,(H2,14,15). The molecule has 0 aliphatic carbocycles. The molecule has 0 spiro atoms. The molecule has 21 heavy (non-hydrogen) atoms. The van der Waals surface area contributed by atoms with Gasteiger partial charge < -0.3 is 20.6 Å². The molecular weight excluding hydrogens is 276 g/mol. The molecule has 0 radical (unpaired) electrons. The van der Waals surface area contributed by atoms with E-state index in [2.05, 4.69) is 5.16 Å². The molecular formula is C13H20N4O4. The van der Waals surface area contributed by atoms with Crippen molar-refractivity contribution in [3.63, 3.8) is 0 Å². The van der Waals surface area contributed by atoms with Gasteiger partial charge in [-0.15, -0.1) is 0 Å². The highest BCUT2D eigenvalue weighted by Gasteiger charge is 2.19. The summed E-state index contributed by atoms with van der Waals surface area (Å²) in [6.07, 6.45) is 0.108. The lowest BCUT2D eigenvalue weighted by molar-refractivity contribution is -0.384. The Morgan fingerprint density at radius 1 is 1.57 bits per heavy atom. The van der Waals surface area contributed by atoms with Crippen LogP contribution in [0.4, 0.5) is 11.4 Å². The van der Waals surface area contributed by atoms with Crippen LogP contribution < -0.4 is 10.6 Å². The van der Waals surface area contributed by atoms with Gasteiger partial charge in [0.15, 0.2) is 5.84 Å². The van der Waals surface area contributed by atoms with Gasteiger partial charge in [-0.25, -0.2) is 0 Å². The highest BCUT2D eigenvalue weighted by atomic mass is 16.6. The SMILES string of the molecule is CC(C)OCCN(C)c1ccc(/C(N)=N/O)cc1[N+](=O)[O-]. The van der Waals surface area contributed by atoms with Crippen LogP contribution in [0, 0.1) is 10.1 Å². The molecule has 0 aliphatic rings. The van der Waals surface area contributed by atoms with E-state index in [0.717, 1.165) is 0 Å². The number of hydrogen-bond donors (Lipinski definition) is 2. The van der Waals surface area contributed by atoms with E-state index in [0.29, 0.717) is 24.4 Å². The normalized spacial score (nSPS) is 11.7. The summed E-state index contributed by atoms with van der Waals surface area (Å²) in [4.78, 5) is 12.4. The first-order valence-corrected chi connectivity index (χ1v) is 6.46. The lowest BCUT2D eigenvalue weighted by atomic mass is 10.1. The second kappa shape index (κ2) is 7.44. The largest absolute Gasteiger partial charge is 0.409 e. The number of nitrogens with zero attached hydrogens (tertiary/aromatic N) is 3. The highest BCUT2D eigenvalue weighted by Crippen LogP contribution is 2.28. The van der Waals surface area contributed by atoms with Crippen molar-refractivity contribution in [1.82, 2.24) is 0 Å². The third kappa shape index (κ3) is 4.60. The molecule has 116 valence electrons. The number of rotatable bonds is 7. The van der Waals surface area contributed by atoms with Gasteiger partial charge in [0, 0.05) is 25.2 Å². The Balaban J connectivity index is 2.98. The summed E-state index contributed by atoms with van der Waals surface area (Å²) >= 11 is 0. The molecule has 0 fully saturated rings. The fourth-order valence-corrected chi connectivity index (χ4v) is 1.76. The van der Waals surface area contributed by atoms with Crippen LogP contribution in [0.2, 0.25) is 0 Å². The lowest BCUT2D eigenvalue weighted by Crippen LogP contribution is -2.25. The summed E-state index contributed by atoms with van der Waals surface area (Å²) < 4.78 is 5.43. The Kier molecular flexibility index (Phi) is 5.92. The molecule has 1 rings (SSSR count). The van der Waals surface area contributed by atoms with Crippen LogP contribution in [0.15, 0.2) is 23.4 Å². The number of nitro groups is 1. The van der Waals surface area contributed by atoms with Crippen molar-refractivity contribution in [2.45, 2.75) is 20.0 Å². The molecule has 8 heteroatoms. The number of ether oxygens (including phenoxy) is 1. The van der Waals surface area contributed by atoms with Gasteiger partial charge in [-0.05, 0) is 26.0 Å². The number of benzene rings is 1. The van der Waals surface area contributed by atoms with Crippen molar-refractivity contribution in [3.8, 4) is 0 Å². The number of hydrogen-bond acceptors (Lipinski definition) is 6. The number of likely N-dealkylation sites (N-methyl/N-ethyl adjacent to an activating group) is 1. The number of nitrogens with two attached hydrogens (primary N) is 1. The van der Waals surface area contributed by atoms with Crippen LogP contribution in [-0.4, -0.2) is 42.3 Å². The van der Waals surface area contributed by atoms with E-state index in [9.17, 15) is 10.1 Å². The third-order valence-corrected chi connectivity index (χ3v) is 2.86. The van der Waals surface area contributed by atoms with Gasteiger partial charge in [-0.3, -0.25) is 10.1 Å². The van der Waals surface area contributed by atoms with Gasteiger partial charge >= 0.3 is 0 Å². The van der Waals surface area contributed by atoms with Crippen molar-refractivity contribution in [1.29, 1.82) is 0 Å². The molecule has 3 N–H and O–H groups in total. The zero-order chi connectivity index (χ0) is 16.0. The second-order valence-electron chi connectivity index (χ2n) is 4.79. The summed E-state index contributed by atoms with van der Waals surface area (Å²) in [6.45, 7) is 4.83. The van der Waals surface area contributed by atoms with Crippen LogP contribution in [0.3, 0.4) is 0 Å². The average Bonchev–Trinajstić information content (AvgIpc) is 2.45. The van der Waals surface area contributed by atoms with E-state index in [-0.39, 0.29) is 17.6 Å². The molecule has 8 nitrogen and oxygen atoms in total. The summed E-state index contributed by atoms with van der Waals surface area (Å²) in [7, 11) is 1.75. The van der Waals surface area contributed by atoms with Crippen molar-refractivity contribution >= 4 is 17.2 Å². The van der Waals surface area contributed by atoms with E-state index in [1.165, 1.54) is 6.07 Å². The minimum atomic E-state index is -0.497. The highest BCUT2D eigenvalue weighted by molar-refractivity contribution is 5.98. The molecule has 0 heterocycles. The maximum atomic E-state index is 11.2. The first-order chi connectivity index (χ1) is 9.86. The molecule has 0 saturated carbocycles.